The third kappa shape index (κ3) is 3.57. The maximum atomic E-state index is 13.1. The number of carbonyl (C=O) groups excluding carboxylic acids is 2. The summed E-state index contributed by atoms with van der Waals surface area (Å²) < 4.78 is 5.44. The molecule has 0 N–H and O–H groups in total. The summed E-state index contributed by atoms with van der Waals surface area (Å²) in [5.74, 6) is 0.337. The lowest BCUT2D eigenvalue weighted by Crippen LogP contribution is -2.49. The van der Waals surface area contributed by atoms with Gasteiger partial charge in [-0.15, -0.1) is 0 Å². The zero-order chi connectivity index (χ0) is 21.1. The molecule has 0 saturated carbocycles. The summed E-state index contributed by atoms with van der Waals surface area (Å²) in [5, 5.41) is 9.88. The predicted octanol–water partition coefficient (Wildman–Crippen LogP) is 3.27. The summed E-state index contributed by atoms with van der Waals surface area (Å²) in [6.07, 6.45) is 1.47. The van der Waals surface area contributed by atoms with E-state index in [-0.39, 0.29) is 18.2 Å². The first-order valence-corrected chi connectivity index (χ1v) is 10.4. The van der Waals surface area contributed by atoms with E-state index in [1.54, 1.807) is 24.3 Å². The molecule has 30 heavy (non-hydrogen) atoms. The second-order valence-corrected chi connectivity index (χ2v) is 7.81. The number of hydrogen-bond acceptors (Lipinski definition) is 5. The Hall–Kier alpha value is -3.17. The molecule has 2 fully saturated rings. The normalized spacial score (nSPS) is 21.5. The van der Waals surface area contributed by atoms with E-state index in [2.05, 4.69) is 11.0 Å². The van der Waals surface area contributed by atoms with Gasteiger partial charge in [-0.3, -0.25) is 14.5 Å². The van der Waals surface area contributed by atoms with Gasteiger partial charge in [-0.25, -0.2) is 4.90 Å². The lowest BCUT2D eigenvalue weighted by Gasteiger charge is -2.39. The number of amides is 2. The molecule has 2 amide bonds. The van der Waals surface area contributed by atoms with E-state index in [4.69, 9.17) is 4.74 Å². The van der Waals surface area contributed by atoms with Crippen LogP contribution in [0.25, 0.3) is 0 Å². The summed E-state index contributed by atoms with van der Waals surface area (Å²) in [6.45, 7) is 3.70. The Labute approximate surface area is 176 Å². The molecular weight excluding hydrogens is 378 g/mol. The van der Waals surface area contributed by atoms with E-state index < -0.39 is 11.5 Å². The second kappa shape index (κ2) is 8.29. The molecule has 0 unspecified atom stereocenters. The van der Waals surface area contributed by atoms with Crippen molar-refractivity contribution in [3.63, 3.8) is 0 Å². The fourth-order valence-electron chi connectivity index (χ4n) is 4.47. The van der Waals surface area contributed by atoms with Gasteiger partial charge in [-0.1, -0.05) is 30.3 Å². The molecule has 6 heteroatoms. The summed E-state index contributed by atoms with van der Waals surface area (Å²) in [7, 11) is 0. The molecule has 2 saturated heterocycles. The largest absolute Gasteiger partial charge is 0.494 e. The van der Waals surface area contributed by atoms with Crippen LogP contribution in [0.2, 0.25) is 0 Å². The molecule has 0 aromatic heterocycles. The quantitative estimate of drug-likeness (QED) is 0.717. The summed E-state index contributed by atoms with van der Waals surface area (Å²) in [5.41, 5.74) is 1.07. The monoisotopic (exact) mass is 403 g/mol. The van der Waals surface area contributed by atoms with Crippen LogP contribution in [0, 0.1) is 11.3 Å². The first kappa shape index (κ1) is 20.1. The molecule has 4 rings (SSSR count). The van der Waals surface area contributed by atoms with Gasteiger partial charge >= 0.3 is 0 Å². The van der Waals surface area contributed by atoms with E-state index in [0.29, 0.717) is 44.0 Å². The Morgan fingerprint density at radius 3 is 2.33 bits per heavy atom. The highest BCUT2D eigenvalue weighted by Crippen LogP contribution is 2.37. The van der Waals surface area contributed by atoms with Crippen molar-refractivity contribution < 1.29 is 14.3 Å². The van der Waals surface area contributed by atoms with Crippen LogP contribution in [0.5, 0.6) is 5.75 Å². The van der Waals surface area contributed by atoms with Crippen LogP contribution in [0.15, 0.2) is 54.6 Å². The smallest absolute Gasteiger partial charge is 0.251 e. The molecule has 1 atom stereocenters. The molecule has 154 valence electrons. The number of hydrogen-bond donors (Lipinski definition) is 0. The SMILES string of the molecule is CCOc1ccc(N2C(=O)C[C@H](N3CCC(C#N)(c4ccccc4)CC3)C2=O)cc1. The van der Waals surface area contributed by atoms with Crippen LogP contribution in [-0.2, 0) is 15.0 Å². The molecule has 0 aliphatic carbocycles. The fourth-order valence-corrected chi connectivity index (χ4v) is 4.47. The molecule has 2 heterocycles. The topological polar surface area (TPSA) is 73.6 Å². The van der Waals surface area contributed by atoms with Crippen molar-refractivity contribution in [2.24, 2.45) is 0 Å². The number of nitriles is 1. The minimum absolute atomic E-state index is 0.178. The van der Waals surface area contributed by atoms with E-state index >= 15 is 0 Å². The van der Waals surface area contributed by atoms with Gasteiger partial charge in [0.2, 0.25) is 5.91 Å². The number of benzene rings is 2. The van der Waals surface area contributed by atoms with E-state index in [0.717, 1.165) is 5.56 Å². The maximum absolute atomic E-state index is 13.1. The number of nitrogens with zero attached hydrogens (tertiary/aromatic N) is 3. The Balaban J connectivity index is 1.47. The van der Waals surface area contributed by atoms with Crippen molar-refractivity contribution in [1.29, 1.82) is 5.26 Å². The predicted molar refractivity (Wildman–Crippen MR) is 113 cm³/mol. The summed E-state index contributed by atoms with van der Waals surface area (Å²) in [4.78, 5) is 29.1. The van der Waals surface area contributed by atoms with Crippen molar-refractivity contribution >= 4 is 17.5 Å². The van der Waals surface area contributed by atoms with Crippen LogP contribution >= 0.6 is 0 Å². The van der Waals surface area contributed by atoms with Gasteiger partial charge in [0.25, 0.3) is 5.91 Å². The van der Waals surface area contributed by atoms with Gasteiger partial charge in [0, 0.05) is 13.1 Å². The summed E-state index contributed by atoms with van der Waals surface area (Å²) in [6, 6.07) is 18.9. The summed E-state index contributed by atoms with van der Waals surface area (Å²) >= 11 is 0. The van der Waals surface area contributed by atoms with Gasteiger partial charge in [0.05, 0.1) is 36.2 Å². The van der Waals surface area contributed by atoms with Crippen molar-refractivity contribution in [1.82, 2.24) is 4.90 Å². The molecular formula is C24H25N3O3. The zero-order valence-corrected chi connectivity index (χ0v) is 17.1. The van der Waals surface area contributed by atoms with Crippen molar-refractivity contribution in [3.8, 4) is 11.8 Å². The molecule has 2 aromatic rings. The van der Waals surface area contributed by atoms with Crippen molar-refractivity contribution in [3.05, 3.63) is 60.2 Å². The lowest BCUT2D eigenvalue weighted by molar-refractivity contribution is -0.123. The molecule has 2 aliphatic heterocycles. The second-order valence-electron chi connectivity index (χ2n) is 7.81. The number of rotatable bonds is 5. The van der Waals surface area contributed by atoms with E-state index in [1.165, 1.54) is 4.90 Å². The van der Waals surface area contributed by atoms with Gasteiger partial charge in [-0.2, -0.15) is 5.26 Å². The average molecular weight is 403 g/mol. The fraction of sp³-hybridized carbons (Fsp3) is 0.375. The number of anilines is 1. The number of piperidine rings is 1. The average Bonchev–Trinajstić information content (AvgIpc) is 3.09. The van der Waals surface area contributed by atoms with Crippen LogP contribution in [0.1, 0.15) is 31.7 Å². The third-order valence-electron chi connectivity index (χ3n) is 6.16. The molecule has 2 aromatic carbocycles. The highest BCUT2D eigenvalue weighted by Gasteiger charge is 2.46. The van der Waals surface area contributed by atoms with Crippen molar-refractivity contribution in [2.45, 2.75) is 37.6 Å². The molecule has 0 spiro atoms. The van der Waals surface area contributed by atoms with Gasteiger partial charge in [0.1, 0.15) is 5.75 Å². The molecule has 0 radical (unpaired) electrons. The molecule has 2 aliphatic rings. The van der Waals surface area contributed by atoms with Crippen LogP contribution in [-0.4, -0.2) is 42.5 Å². The lowest BCUT2D eigenvalue weighted by atomic mass is 9.74. The minimum Gasteiger partial charge on any atom is -0.494 e. The molecule has 0 bridgehead atoms. The van der Waals surface area contributed by atoms with E-state index in [1.807, 2.05) is 37.3 Å². The standard InChI is InChI=1S/C24H25N3O3/c1-2-30-20-10-8-19(9-11-20)27-22(28)16-21(23(27)29)26-14-12-24(17-25,13-15-26)18-6-4-3-5-7-18/h3-11,21H,2,12-16H2,1H3/t21-/m0/s1. The maximum Gasteiger partial charge on any atom is 0.251 e. The van der Waals surface area contributed by atoms with Crippen molar-refractivity contribution in [2.75, 3.05) is 24.6 Å². The van der Waals surface area contributed by atoms with E-state index in [9.17, 15) is 14.9 Å². The first-order chi connectivity index (χ1) is 14.6. The Bertz CT molecular complexity index is 957. The minimum atomic E-state index is -0.530. The van der Waals surface area contributed by atoms with Crippen LogP contribution in [0.3, 0.4) is 0 Å². The van der Waals surface area contributed by atoms with Gasteiger partial charge in [-0.05, 0) is 49.6 Å². The Kier molecular flexibility index (Phi) is 5.56. The highest BCUT2D eigenvalue weighted by molar-refractivity contribution is 6.22. The Morgan fingerprint density at radius 2 is 1.73 bits per heavy atom. The first-order valence-electron chi connectivity index (χ1n) is 10.4. The Morgan fingerprint density at radius 1 is 1.07 bits per heavy atom. The van der Waals surface area contributed by atoms with Gasteiger partial charge < -0.3 is 4.74 Å². The zero-order valence-electron chi connectivity index (χ0n) is 17.1. The number of likely N-dealkylation sites (tertiary alicyclic amines) is 1. The number of ether oxygens (including phenoxy) is 1. The highest BCUT2D eigenvalue weighted by atomic mass is 16.5. The number of carbonyl (C=O) groups is 2. The third-order valence-corrected chi connectivity index (χ3v) is 6.16. The van der Waals surface area contributed by atoms with Gasteiger partial charge in [0.15, 0.2) is 0 Å². The van der Waals surface area contributed by atoms with Crippen LogP contribution in [0.4, 0.5) is 5.69 Å². The number of imide groups is 1. The van der Waals surface area contributed by atoms with Crippen LogP contribution < -0.4 is 9.64 Å². The molecule has 6 nitrogen and oxygen atoms in total.